The Morgan fingerprint density at radius 1 is 1.43 bits per heavy atom. The molecule has 0 aliphatic heterocycles. The van der Waals surface area contributed by atoms with Crippen LogP contribution in [0.5, 0.6) is 0 Å². The van der Waals surface area contributed by atoms with E-state index in [0.29, 0.717) is 11.8 Å². The summed E-state index contributed by atoms with van der Waals surface area (Å²) in [6.45, 7) is 11.1. The van der Waals surface area contributed by atoms with Gasteiger partial charge >= 0.3 is 0 Å². The van der Waals surface area contributed by atoms with Crippen molar-refractivity contribution >= 4 is 0 Å². The van der Waals surface area contributed by atoms with Crippen molar-refractivity contribution in [1.29, 1.82) is 0 Å². The molecule has 1 heterocycles. The molecule has 0 atom stereocenters. The molecule has 0 aromatic carbocycles. The number of hydrogen-bond donors (Lipinski definition) is 1. The molecular formula is C10H19N3O. The monoisotopic (exact) mass is 197 g/mol. The normalized spacial score (nSPS) is 12.4. The van der Waals surface area contributed by atoms with Crippen LogP contribution in [0, 0.1) is 0 Å². The summed E-state index contributed by atoms with van der Waals surface area (Å²) in [5.41, 5.74) is -0.241. The Hall–Kier alpha value is -0.900. The van der Waals surface area contributed by atoms with E-state index in [1.165, 1.54) is 0 Å². The lowest BCUT2D eigenvalue weighted by Gasteiger charge is -2.20. The van der Waals surface area contributed by atoms with Gasteiger partial charge in [-0.2, -0.15) is 4.98 Å². The molecule has 0 saturated heterocycles. The van der Waals surface area contributed by atoms with Gasteiger partial charge in [-0.3, -0.25) is 0 Å². The highest BCUT2D eigenvalue weighted by Crippen LogP contribution is 2.19. The molecule has 4 heteroatoms. The lowest BCUT2D eigenvalue weighted by atomic mass is 10.1. The first kappa shape index (κ1) is 11.2. The maximum Gasteiger partial charge on any atom is 0.246 e. The zero-order valence-corrected chi connectivity index (χ0v) is 9.59. The van der Waals surface area contributed by atoms with Crippen LogP contribution in [0.3, 0.4) is 0 Å². The molecular weight excluding hydrogens is 178 g/mol. The van der Waals surface area contributed by atoms with Crippen LogP contribution in [0.4, 0.5) is 0 Å². The lowest BCUT2D eigenvalue weighted by molar-refractivity contribution is 0.270. The fourth-order valence-corrected chi connectivity index (χ4v) is 1.24. The van der Waals surface area contributed by atoms with E-state index in [4.69, 9.17) is 4.52 Å². The predicted octanol–water partition coefficient (Wildman–Crippen LogP) is 2.04. The Morgan fingerprint density at radius 2 is 2.07 bits per heavy atom. The first-order valence-electron chi connectivity index (χ1n) is 5.06. The minimum Gasteiger partial charge on any atom is -0.337 e. The highest BCUT2D eigenvalue weighted by molar-refractivity contribution is 5.01. The first-order valence-corrected chi connectivity index (χ1v) is 5.06. The number of nitrogens with one attached hydrogen (secondary N) is 1. The molecule has 4 nitrogen and oxygen atoms in total. The topological polar surface area (TPSA) is 51.0 Å². The van der Waals surface area contributed by atoms with Crippen molar-refractivity contribution in [3.63, 3.8) is 0 Å². The molecule has 0 aliphatic rings. The molecule has 0 radical (unpaired) electrons. The molecule has 1 aromatic heterocycles. The van der Waals surface area contributed by atoms with Gasteiger partial charge in [0.25, 0.3) is 0 Å². The second kappa shape index (κ2) is 4.09. The van der Waals surface area contributed by atoms with E-state index in [2.05, 4.69) is 36.2 Å². The second-order valence-corrected chi connectivity index (χ2v) is 4.27. The van der Waals surface area contributed by atoms with E-state index in [1.807, 2.05) is 13.8 Å². The van der Waals surface area contributed by atoms with Gasteiger partial charge in [0.15, 0.2) is 5.82 Å². The van der Waals surface area contributed by atoms with Gasteiger partial charge in [0.1, 0.15) is 0 Å². The third kappa shape index (κ3) is 2.32. The predicted molar refractivity (Wildman–Crippen MR) is 55.1 cm³/mol. The van der Waals surface area contributed by atoms with Gasteiger partial charge < -0.3 is 9.84 Å². The number of nitrogens with zero attached hydrogens (tertiary/aromatic N) is 2. The van der Waals surface area contributed by atoms with Gasteiger partial charge in [-0.25, -0.2) is 0 Å². The van der Waals surface area contributed by atoms with Crippen molar-refractivity contribution in [2.24, 2.45) is 0 Å². The van der Waals surface area contributed by atoms with Crippen molar-refractivity contribution in [2.75, 3.05) is 6.54 Å². The zero-order valence-electron chi connectivity index (χ0n) is 9.59. The maximum atomic E-state index is 5.22. The average molecular weight is 197 g/mol. The Balaban J connectivity index is 2.85. The Kier molecular flexibility index (Phi) is 3.26. The fourth-order valence-electron chi connectivity index (χ4n) is 1.24. The summed E-state index contributed by atoms with van der Waals surface area (Å²) in [5.74, 6) is 1.74. The molecule has 1 aromatic rings. The minimum atomic E-state index is -0.241. The number of aromatic nitrogens is 2. The summed E-state index contributed by atoms with van der Waals surface area (Å²) in [4.78, 5) is 4.36. The zero-order chi connectivity index (χ0) is 10.8. The summed E-state index contributed by atoms with van der Waals surface area (Å²) >= 11 is 0. The molecule has 1 N–H and O–H groups in total. The fraction of sp³-hybridized carbons (Fsp3) is 0.800. The van der Waals surface area contributed by atoms with Gasteiger partial charge in [0.2, 0.25) is 5.89 Å². The van der Waals surface area contributed by atoms with Gasteiger partial charge in [0.05, 0.1) is 5.54 Å². The van der Waals surface area contributed by atoms with E-state index in [-0.39, 0.29) is 5.54 Å². The van der Waals surface area contributed by atoms with Crippen LogP contribution in [0.15, 0.2) is 4.52 Å². The molecule has 0 amide bonds. The molecule has 0 spiro atoms. The average Bonchev–Trinajstić information content (AvgIpc) is 2.51. The summed E-state index contributed by atoms with van der Waals surface area (Å²) in [6, 6.07) is 0. The van der Waals surface area contributed by atoms with Crippen molar-refractivity contribution in [3.8, 4) is 0 Å². The van der Waals surface area contributed by atoms with Crippen LogP contribution in [0.1, 0.15) is 52.3 Å². The van der Waals surface area contributed by atoms with Crippen molar-refractivity contribution in [2.45, 2.75) is 46.1 Å². The molecule has 0 bridgehead atoms. The van der Waals surface area contributed by atoms with Crippen LogP contribution < -0.4 is 5.32 Å². The third-order valence-corrected chi connectivity index (χ3v) is 2.11. The maximum absolute atomic E-state index is 5.22. The van der Waals surface area contributed by atoms with Gasteiger partial charge in [-0.15, -0.1) is 0 Å². The second-order valence-electron chi connectivity index (χ2n) is 4.27. The molecule has 1 rings (SSSR count). The SMILES string of the molecule is CCNC(C)(C)c1nc(C(C)C)no1. The summed E-state index contributed by atoms with van der Waals surface area (Å²) < 4.78 is 5.22. The van der Waals surface area contributed by atoms with Crippen molar-refractivity contribution < 1.29 is 4.52 Å². The van der Waals surface area contributed by atoms with Crippen LogP contribution in [0.2, 0.25) is 0 Å². The van der Waals surface area contributed by atoms with Crippen LogP contribution in [-0.2, 0) is 5.54 Å². The Bertz CT molecular complexity index is 291. The van der Waals surface area contributed by atoms with Gasteiger partial charge in [-0.1, -0.05) is 25.9 Å². The highest BCUT2D eigenvalue weighted by Gasteiger charge is 2.26. The Labute approximate surface area is 85.1 Å². The van der Waals surface area contributed by atoms with Crippen LogP contribution in [-0.4, -0.2) is 16.7 Å². The van der Waals surface area contributed by atoms with Crippen molar-refractivity contribution in [1.82, 2.24) is 15.5 Å². The van der Waals surface area contributed by atoms with E-state index in [1.54, 1.807) is 0 Å². The van der Waals surface area contributed by atoms with Crippen molar-refractivity contribution in [3.05, 3.63) is 11.7 Å². The summed E-state index contributed by atoms with van der Waals surface area (Å²) in [7, 11) is 0. The van der Waals surface area contributed by atoms with Gasteiger partial charge in [-0.05, 0) is 20.4 Å². The molecule has 0 fully saturated rings. The standard InChI is InChI=1S/C10H19N3O/c1-6-11-10(4,5)9-12-8(7(2)3)13-14-9/h7,11H,6H2,1-5H3. The number of rotatable bonds is 4. The van der Waals surface area contributed by atoms with E-state index >= 15 is 0 Å². The van der Waals surface area contributed by atoms with Crippen LogP contribution >= 0.6 is 0 Å². The van der Waals surface area contributed by atoms with Gasteiger partial charge in [0, 0.05) is 5.92 Å². The van der Waals surface area contributed by atoms with E-state index in [9.17, 15) is 0 Å². The molecule has 14 heavy (non-hydrogen) atoms. The molecule has 0 unspecified atom stereocenters. The summed E-state index contributed by atoms with van der Waals surface area (Å²) in [5, 5.41) is 7.23. The molecule has 80 valence electrons. The third-order valence-electron chi connectivity index (χ3n) is 2.11. The summed E-state index contributed by atoms with van der Waals surface area (Å²) in [6.07, 6.45) is 0. The number of hydrogen-bond acceptors (Lipinski definition) is 4. The van der Waals surface area contributed by atoms with Crippen LogP contribution in [0.25, 0.3) is 0 Å². The Morgan fingerprint density at radius 3 is 2.50 bits per heavy atom. The first-order chi connectivity index (χ1) is 6.47. The van der Waals surface area contributed by atoms with E-state index < -0.39 is 0 Å². The molecule has 0 saturated carbocycles. The smallest absolute Gasteiger partial charge is 0.246 e. The highest BCUT2D eigenvalue weighted by atomic mass is 16.5. The minimum absolute atomic E-state index is 0.241. The molecule has 0 aliphatic carbocycles. The quantitative estimate of drug-likeness (QED) is 0.802. The largest absolute Gasteiger partial charge is 0.337 e. The lowest BCUT2D eigenvalue weighted by Crippen LogP contribution is -2.36. The van der Waals surface area contributed by atoms with E-state index in [0.717, 1.165) is 12.4 Å².